The number of carbonyl (C=O) groups excluding carboxylic acids is 4. The summed E-state index contributed by atoms with van der Waals surface area (Å²) in [4.78, 5) is 72.3. The number of aryl methyl sites for hydroxylation is 3. The molecule has 2 aliphatic heterocycles. The first-order valence-electron chi connectivity index (χ1n) is 25.8. The van der Waals surface area contributed by atoms with Crippen LogP contribution in [-0.2, 0) is 30.5 Å². The Morgan fingerprint density at radius 3 is 2.28 bits per heavy atom. The molecule has 3 aromatic carbocycles. The van der Waals surface area contributed by atoms with Gasteiger partial charge in [0.15, 0.2) is 5.82 Å². The van der Waals surface area contributed by atoms with Gasteiger partial charge in [0.1, 0.15) is 42.2 Å². The predicted molar refractivity (Wildman–Crippen MR) is 302 cm³/mol. The van der Waals surface area contributed by atoms with Gasteiger partial charge in [-0.05, 0) is 91.6 Å². The number of nitrogens with zero attached hydrogens (tertiary/aromatic N) is 7. The maximum Gasteiger partial charge on any atom is 0.246 e. The van der Waals surface area contributed by atoms with Gasteiger partial charge in [0.25, 0.3) is 0 Å². The van der Waals surface area contributed by atoms with Crippen LogP contribution in [0.5, 0.6) is 5.88 Å². The molecule has 6 heterocycles. The van der Waals surface area contributed by atoms with Gasteiger partial charge in [-0.25, -0.2) is 9.97 Å². The van der Waals surface area contributed by atoms with E-state index >= 15 is 0 Å². The van der Waals surface area contributed by atoms with Crippen LogP contribution in [0.2, 0.25) is 5.02 Å². The third kappa shape index (κ3) is 12.6. The van der Waals surface area contributed by atoms with Gasteiger partial charge in [-0.15, -0.1) is 32.9 Å². The number of benzene rings is 3. The van der Waals surface area contributed by atoms with Gasteiger partial charge in [-0.2, -0.15) is 0 Å². The van der Waals surface area contributed by atoms with Crippen LogP contribution in [0, 0.1) is 33.1 Å². The van der Waals surface area contributed by atoms with E-state index in [-0.39, 0.29) is 63.6 Å². The molecule has 9 rings (SSSR count). The number of rotatable bonds is 18. The number of aliphatic hydroxyl groups is 1. The van der Waals surface area contributed by atoms with Crippen molar-refractivity contribution in [2.24, 2.45) is 10.4 Å². The first kappa shape index (κ1) is 55.6. The molecule has 4 N–H and O–H groups in total. The van der Waals surface area contributed by atoms with Crippen molar-refractivity contribution in [1.29, 1.82) is 0 Å². The number of aliphatic hydroxyl groups excluding tert-OH is 1. The highest BCUT2D eigenvalue weighted by Crippen LogP contribution is 2.40. The zero-order valence-corrected chi connectivity index (χ0v) is 47.2. The third-order valence-electron chi connectivity index (χ3n) is 14.0. The Bertz CT molecular complexity index is 3350. The fourth-order valence-electron chi connectivity index (χ4n) is 9.68. The van der Waals surface area contributed by atoms with Crippen LogP contribution in [0.1, 0.15) is 103 Å². The Kier molecular flexibility index (Phi) is 17.0. The van der Waals surface area contributed by atoms with Crippen molar-refractivity contribution in [3.63, 3.8) is 0 Å². The second-order valence-corrected chi connectivity index (χ2v) is 23.2. The van der Waals surface area contributed by atoms with Crippen molar-refractivity contribution >= 4 is 63.6 Å². The Hall–Kier alpha value is -7.16. The lowest BCUT2D eigenvalue weighted by atomic mass is 9.85. The molecule has 0 spiro atoms. The van der Waals surface area contributed by atoms with E-state index in [0.29, 0.717) is 16.7 Å². The van der Waals surface area contributed by atoms with E-state index < -0.39 is 41.5 Å². The van der Waals surface area contributed by atoms with Gasteiger partial charge < -0.3 is 35.4 Å². The molecule has 2 aliphatic rings. The molecule has 0 radical (unpaired) electrons. The number of β-amino-alcohol motifs (C(OH)–C–C–N with tert-alkyl or cyclic N) is 1. The molecule has 4 aromatic heterocycles. The number of halogens is 1. The quantitative estimate of drug-likeness (QED) is 0.0596. The molecule has 4 amide bonds. The van der Waals surface area contributed by atoms with Crippen LogP contribution in [-0.4, -0.2) is 109 Å². The van der Waals surface area contributed by atoms with Gasteiger partial charge in [-0.1, -0.05) is 93.0 Å². The van der Waals surface area contributed by atoms with Crippen LogP contribution < -0.4 is 20.7 Å². The molecule has 17 nitrogen and oxygen atoms in total. The Morgan fingerprint density at radius 1 is 0.859 bits per heavy atom. The maximum atomic E-state index is 14.1. The maximum absolute atomic E-state index is 14.1. The number of fused-ring (bicyclic) bond motifs is 3. The van der Waals surface area contributed by atoms with E-state index in [9.17, 15) is 24.3 Å². The standard InChI is InChI=1S/C58H63ClN10O7S2/c1-32-35(4)78-57-50(32)51(40-17-19-43(59)20-18-40)64-45(54-67-66-36(5)69(54)57)27-47(71)63-33(2)38-13-15-39(16-14-38)42-21-22-60-49(25-42)76-24-23-75-30-48(72)65-53(58(6,7)8)56(74)68-29-44(70)26-46(68)55(73)61-28-37-9-11-41(12-10-37)52-34(3)62-31-77-52/h9-22,25,31,33,44-46,53,70H,23-24,26-30H2,1-8H3,(H,61,73)(H,63,71)(H,65,72)/t33-,44-,45+,46+,53-/m1/s1. The zero-order valence-electron chi connectivity index (χ0n) is 44.8. The van der Waals surface area contributed by atoms with Crippen molar-refractivity contribution < 1.29 is 33.8 Å². The molecule has 5 atom stereocenters. The normalized spacial score (nSPS) is 16.8. The summed E-state index contributed by atoms with van der Waals surface area (Å²) in [5, 5.41) is 30.1. The molecule has 406 valence electrons. The number of carbonyl (C=O) groups is 4. The average Bonchev–Trinajstić information content (AvgIpc) is 4.40. The second-order valence-electron chi connectivity index (χ2n) is 20.7. The lowest BCUT2D eigenvalue weighted by molar-refractivity contribution is -0.144. The summed E-state index contributed by atoms with van der Waals surface area (Å²) in [5.74, 6) is 0.148. The molecule has 7 aromatic rings. The Morgan fingerprint density at radius 2 is 1.58 bits per heavy atom. The van der Waals surface area contributed by atoms with Crippen molar-refractivity contribution in [2.75, 3.05) is 26.4 Å². The zero-order chi connectivity index (χ0) is 55.4. The monoisotopic (exact) mass is 1110 g/mol. The first-order valence-corrected chi connectivity index (χ1v) is 27.9. The van der Waals surface area contributed by atoms with Crippen LogP contribution in [0.15, 0.2) is 102 Å². The predicted octanol–water partition coefficient (Wildman–Crippen LogP) is 8.77. The van der Waals surface area contributed by atoms with E-state index in [0.717, 1.165) is 71.6 Å². The van der Waals surface area contributed by atoms with E-state index in [2.05, 4.69) is 50.0 Å². The van der Waals surface area contributed by atoms with E-state index in [1.165, 1.54) is 9.78 Å². The Labute approximate surface area is 466 Å². The summed E-state index contributed by atoms with van der Waals surface area (Å²) in [6.07, 6.45) is 0.893. The third-order valence-corrected chi connectivity index (χ3v) is 16.4. The lowest BCUT2D eigenvalue weighted by Crippen LogP contribution is -2.58. The fraction of sp³-hybridized carbons (Fsp3) is 0.362. The molecule has 0 unspecified atom stereocenters. The summed E-state index contributed by atoms with van der Waals surface area (Å²) < 4.78 is 13.6. The van der Waals surface area contributed by atoms with Gasteiger partial charge in [-0.3, -0.25) is 28.7 Å². The number of thiazole rings is 1. The minimum Gasteiger partial charge on any atom is -0.475 e. The van der Waals surface area contributed by atoms with Crippen molar-refractivity contribution in [3.8, 4) is 32.4 Å². The van der Waals surface area contributed by atoms with Crippen LogP contribution >= 0.6 is 34.3 Å². The number of hydrogen-bond acceptors (Lipinski definition) is 14. The number of ether oxygens (including phenoxy) is 2. The molecular formula is C58H63ClN10O7S2. The highest BCUT2D eigenvalue weighted by Gasteiger charge is 2.44. The molecule has 20 heteroatoms. The average molecular weight is 1110 g/mol. The van der Waals surface area contributed by atoms with Crippen LogP contribution in [0.25, 0.3) is 26.6 Å². The van der Waals surface area contributed by atoms with Crippen LogP contribution in [0.3, 0.4) is 0 Å². The molecule has 1 saturated heterocycles. The fourth-order valence-corrected chi connectivity index (χ4v) is 11.8. The summed E-state index contributed by atoms with van der Waals surface area (Å²) in [6, 6.07) is 24.2. The number of hydrogen-bond donors (Lipinski definition) is 4. The van der Waals surface area contributed by atoms with Gasteiger partial charge in [0.05, 0.1) is 47.0 Å². The van der Waals surface area contributed by atoms with Crippen molar-refractivity contribution in [1.82, 2.24) is 45.6 Å². The molecule has 0 aliphatic carbocycles. The molecular weight excluding hydrogens is 1050 g/mol. The summed E-state index contributed by atoms with van der Waals surface area (Å²) in [5.41, 5.74) is 10.4. The minimum absolute atomic E-state index is 0.0362. The number of pyridine rings is 1. The molecule has 0 saturated carbocycles. The molecule has 1 fully saturated rings. The van der Waals surface area contributed by atoms with Crippen LogP contribution in [0.4, 0.5) is 0 Å². The van der Waals surface area contributed by atoms with Gasteiger partial charge in [0.2, 0.25) is 29.5 Å². The van der Waals surface area contributed by atoms with E-state index in [4.69, 9.17) is 26.1 Å². The molecule has 78 heavy (non-hydrogen) atoms. The van der Waals surface area contributed by atoms with E-state index in [1.807, 2.05) is 137 Å². The Balaban J connectivity index is 0.747. The smallest absolute Gasteiger partial charge is 0.246 e. The number of aromatic nitrogens is 5. The highest BCUT2D eigenvalue weighted by molar-refractivity contribution is 7.15. The number of likely N-dealkylation sites (tertiary alicyclic amines) is 1. The summed E-state index contributed by atoms with van der Waals surface area (Å²) in [6.45, 7) is 15.5. The summed E-state index contributed by atoms with van der Waals surface area (Å²) in [7, 11) is 0. The second kappa shape index (κ2) is 23.8. The first-order chi connectivity index (χ1) is 37.3. The molecule has 0 bridgehead atoms. The number of thiophene rings is 1. The van der Waals surface area contributed by atoms with E-state index in [1.54, 1.807) is 28.9 Å². The number of nitrogens with one attached hydrogen (secondary N) is 3. The lowest BCUT2D eigenvalue weighted by Gasteiger charge is -2.35. The van der Waals surface area contributed by atoms with Gasteiger partial charge >= 0.3 is 0 Å². The minimum atomic E-state index is -1.00. The number of aliphatic imine (C=N–C) groups is 1. The SMILES string of the molecule is Cc1ncsc1-c1ccc(CNC(=O)[C@@H]2C[C@@H](O)CN2C(=O)[C@@H](NC(=O)COCCOc2cc(-c3ccc([C@@H](C)NC(=O)C[C@@H]4N=C(c5ccc(Cl)cc5)c5c(sc(C)c5C)-n5c(C)nnc54)cc3)ccn2)C(C)(C)C)cc1. The largest absolute Gasteiger partial charge is 0.475 e. The van der Waals surface area contributed by atoms with Crippen molar-refractivity contribution in [3.05, 3.63) is 152 Å². The number of amides is 4. The van der Waals surface area contributed by atoms with Crippen molar-refractivity contribution in [2.45, 2.75) is 105 Å². The topological polar surface area (TPSA) is 215 Å². The summed E-state index contributed by atoms with van der Waals surface area (Å²) >= 11 is 9.51. The highest BCUT2D eigenvalue weighted by atomic mass is 35.5. The van der Waals surface area contributed by atoms with Gasteiger partial charge in [0, 0.05) is 52.8 Å².